The highest BCUT2D eigenvalue weighted by Crippen LogP contribution is 2.27. The summed E-state index contributed by atoms with van der Waals surface area (Å²) in [5, 5.41) is 3.12. The van der Waals surface area contributed by atoms with Crippen molar-refractivity contribution in [2.45, 2.75) is 20.8 Å². The Kier molecular flexibility index (Phi) is 2.46. The molecule has 74 valence electrons. The second-order valence-electron chi connectivity index (χ2n) is 3.94. The van der Waals surface area contributed by atoms with Gasteiger partial charge in [0, 0.05) is 18.8 Å². The zero-order chi connectivity index (χ0) is 10.1. The van der Waals surface area contributed by atoms with E-state index in [1.165, 1.54) is 22.4 Å². The predicted octanol–water partition coefficient (Wildman–Crippen LogP) is 2.02. The molecule has 2 nitrogen and oxygen atoms in total. The van der Waals surface area contributed by atoms with Crippen molar-refractivity contribution in [3.8, 4) is 0 Å². The number of anilines is 1. The van der Waals surface area contributed by atoms with Gasteiger partial charge in [-0.1, -0.05) is 17.7 Å². The van der Waals surface area contributed by atoms with Gasteiger partial charge in [-0.3, -0.25) is 5.32 Å². The zero-order valence-corrected chi connectivity index (χ0v) is 9.02. The lowest BCUT2D eigenvalue weighted by Gasteiger charge is -2.21. The van der Waals surface area contributed by atoms with Crippen LogP contribution in [0.1, 0.15) is 16.7 Å². The van der Waals surface area contributed by atoms with Crippen molar-refractivity contribution < 1.29 is 0 Å². The first-order valence-corrected chi connectivity index (χ1v) is 5.02. The van der Waals surface area contributed by atoms with Crippen molar-refractivity contribution in [1.82, 2.24) is 5.32 Å². The van der Waals surface area contributed by atoms with Gasteiger partial charge in [0.1, 0.15) is 0 Å². The van der Waals surface area contributed by atoms with E-state index in [1.54, 1.807) is 0 Å². The molecule has 1 aliphatic rings. The van der Waals surface area contributed by atoms with Crippen LogP contribution in [-0.2, 0) is 0 Å². The molecule has 0 spiro atoms. The summed E-state index contributed by atoms with van der Waals surface area (Å²) in [6.07, 6.45) is 0. The first-order chi connectivity index (χ1) is 6.68. The van der Waals surface area contributed by atoms with E-state index >= 15 is 0 Å². The van der Waals surface area contributed by atoms with E-state index in [0.29, 0.717) is 0 Å². The summed E-state index contributed by atoms with van der Waals surface area (Å²) in [6, 6.07) is 4.45. The van der Waals surface area contributed by atoms with E-state index in [2.05, 4.69) is 49.8 Å². The number of hydrogen-bond donors (Lipinski definition) is 1. The Balaban J connectivity index is 2.40. The Hall–Kier alpha value is -1.02. The van der Waals surface area contributed by atoms with Gasteiger partial charge in [-0.05, 0) is 31.9 Å². The fourth-order valence-corrected chi connectivity index (χ4v) is 2.14. The van der Waals surface area contributed by atoms with Gasteiger partial charge in [-0.2, -0.15) is 0 Å². The second kappa shape index (κ2) is 3.62. The Bertz CT molecular complexity index is 315. The predicted molar refractivity (Wildman–Crippen MR) is 59.2 cm³/mol. The van der Waals surface area contributed by atoms with Gasteiger partial charge in [-0.25, -0.2) is 0 Å². The molecule has 1 N–H and O–H groups in total. The molecule has 14 heavy (non-hydrogen) atoms. The molecule has 2 heteroatoms. The van der Waals surface area contributed by atoms with Crippen LogP contribution < -0.4 is 10.2 Å². The average Bonchev–Trinajstić information content (AvgIpc) is 2.54. The lowest BCUT2D eigenvalue weighted by Crippen LogP contribution is -2.18. The van der Waals surface area contributed by atoms with Crippen LogP contribution in [0, 0.1) is 27.4 Å². The molecule has 2 radical (unpaired) electrons. The molecule has 1 aromatic carbocycles. The van der Waals surface area contributed by atoms with E-state index in [1.807, 2.05) is 0 Å². The SMILES string of the molecule is Cc1cc(C)c(N2[C]NCC2)c(C)c1. The van der Waals surface area contributed by atoms with Crippen molar-refractivity contribution >= 4 is 5.69 Å². The summed E-state index contributed by atoms with van der Waals surface area (Å²) in [6.45, 7) is 11.6. The molecule has 1 fully saturated rings. The Labute approximate surface area is 85.9 Å². The molecule has 0 aromatic heterocycles. The summed E-state index contributed by atoms with van der Waals surface area (Å²) >= 11 is 0. The third kappa shape index (κ3) is 1.62. The highest BCUT2D eigenvalue weighted by Gasteiger charge is 2.17. The van der Waals surface area contributed by atoms with Crippen molar-refractivity contribution in [2.24, 2.45) is 0 Å². The largest absolute Gasteiger partial charge is 0.345 e. The normalized spacial score (nSPS) is 16.4. The number of rotatable bonds is 1. The molecule has 2 rings (SSSR count). The van der Waals surface area contributed by atoms with Gasteiger partial charge in [0.05, 0.1) is 0 Å². The maximum atomic E-state index is 3.16. The van der Waals surface area contributed by atoms with Crippen LogP contribution >= 0.6 is 0 Å². The molecule has 1 aromatic rings. The topological polar surface area (TPSA) is 15.3 Å². The van der Waals surface area contributed by atoms with Gasteiger partial charge in [0.2, 0.25) is 0 Å². The second-order valence-corrected chi connectivity index (χ2v) is 3.94. The van der Waals surface area contributed by atoms with Crippen LogP contribution in [0.5, 0.6) is 0 Å². The Morgan fingerprint density at radius 2 is 1.86 bits per heavy atom. The fourth-order valence-electron chi connectivity index (χ4n) is 2.14. The lowest BCUT2D eigenvalue weighted by atomic mass is 10.0. The lowest BCUT2D eigenvalue weighted by molar-refractivity contribution is 0.944. The Morgan fingerprint density at radius 3 is 2.36 bits per heavy atom. The fraction of sp³-hybridized carbons (Fsp3) is 0.417. The van der Waals surface area contributed by atoms with Crippen molar-refractivity contribution in [3.05, 3.63) is 35.5 Å². The Morgan fingerprint density at radius 1 is 1.21 bits per heavy atom. The first-order valence-electron chi connectivity index (χ1n) is 5.02. The van der Waals surface area contributed by atoms with E-state index in [-0.39, 0.29) is 0 Å². The van der Waals surface area contributed by atoms with E-state index in [9.17, 15) is 0 Å². The van der Waals surface area contributed by atoms with Crippen LogP contribution in [0.25, 0.3) is 0 Å². The maximum absolute atomic E-state index is 3.16. The molecule has 0 unspecified atom stereocenters. The first kappa shape index (κ1) is 9.53. The van der Waals surface area contributed by atoms with E-state index < -0.39 is 0 Å². The summed E-state index contributed by atoms with van der Waals surface area (Å²) in [7, 11) is 0. The summed E-state index contributed by atoms with van der Waals surface area (Å²) in [5.74, 6) is 0. The zero-order valence-electron chi connectivity index (χ0n) is 9.02. The van der Waals surface area contributed by atoms with Crippen LogP contribution in [0.2, 0.25) is 0 Å². The number of hydrogen-bond acceptors (Lipinski definition) is 2. The van der Waals surface area contributed by atoms with Gasteiger partial charge in [0.15, 0.2) is 6.67 Å². The number of nitrogens with zero attached hydrogens (tertiary/aromatic N) is 1. The molecule has 0 amide bonds. The summed E-state index contributed by atoms with van der Waals surface area (Å²) < 4.78 is 0. The highest BCUT2D eigenvalue weighted by atomic mass is 15.3. The molecule has 0 bridgehead atoms. The van der Waals surface area contributed by atoms with Gasteiger partial charge in [0.25, 0.3) is 0 Å². The van der Waals surface area contributed by atoms with Crippen LogP contribution in [0.15, 0.2) is 12.1 Å². The third-order valence-corrected chi connectivity index (χ3v) is 2.58. The van der Waals surface area contributed by atoms with Gasteiger partial charge in [-0.15, -0.1) is 0 Å². The summed E-state index contributed by atoms with van der Waals surface area (Å²) in [4.78, 5) is 2.17. The average molecular weight is 188 g/mol. The molecule has 1 heterocycles. The molecule has 0 saturated carbocycles. The quantitative estimate of drug-likeness (QED) is 0.725. The number of aryl methyl sites for hydroxylation is 3. The van der Waals surface area contributed by atoms with Gasteiger partial charge < -0.3 is 4.90 Å². The molecule has 0 atom stereocenters. The van der Waals surface area contributed by atoms with Crippen LogP contribution in [-0.4, -0.2) is 13.1 Å². The standard InChI is InChI=1S/C12H16N2/c1-9-6-10(2)12(11(3)7-9)14-5-4-13-8-14/h6-7,13H,4-5H2,1-3H3. The maximum Gasteiger partial charge on any atom is 0.174 e. The molecule has 1 aliphatic heterocycles. The van der Waals surface area contributed by atoms with Crippen molar-refractivity contribution in [1.29, 1.82) is 0 Å². The van der Waals surface area contributed by atoms with Crippen LogP contribution in [0.4, 0.5) is 5.69 Å². The monoisotopic (exact) mass is 188 g/mol. The van der Waals surface area contributed by atoms with E-state index in [0.717, 1.165) is 13.1 Å². The van der Waals surface area contributed by atoms with E-state index in [4.69, 9.17) is 0 Å². The molecular formula is C12H16N2. The number of nitrogens with one attached hydrogen (secondary N) is 1. The number of benzene rings is 1. The van der Waals surface area contributed by atoms with Crippen molar-refractivity contribution in [2.75, 3.05) is 18.0 Å². The minimum Gasteiger partial charge on any atom is -0.345 e. The minimum absolute atomic E-state index is 0.993. The van der Waals surface area contributed by atoms with Gasteiger partial charge >= 0.3 is 0 Å². The minimum atomic E-state index is 0.993. The van der Waals surface area contributed by atoms with Crippen LogP contribution in [0.3, 0.4) is 0 Å². The molecular weight excluding hydrogens is 172 g/mol. The van der Waals surface area contributed by atoms with Crippen molar-refractivity contribution in [3.63, 3.8) is 0 Å². The molecule has 0 aliphatic carbocycles. The smallest absolute Gasteiger partial charge is 0.174 e. The summed E-state index contributed by atoms with van der Waals surface area (Å²) in [5.41, 5.74) is 5.30. The third-order valence-electron chi connectivity index (χ3n) is 2.58. The molecule has 1 saturated heterocycles. The highest BCUT2D eigenvalue weighted by molar-refractivity contribution is 5.61.